The number of ether oxygens (including phenoxy) is 3. The summed E-state index contributed by atoms with van der Waals surface area (Å²) in [5, 5.41) is 4.91. The molecule has 1 heterocycles. The van der Waals surface area contributed by atoms with Crippen LogP contribution in [0.3, 0.4) is 0 Å². The van der Waals surface area contributed by atoms with E-state index in [1.165, 1.54) is 0 Å². The highest BCUT2D eigenvalue weighted by Crippen LogP contribution is 2.29. The van der Waals surface area contributed by atoms with E-state index in [1.807, 2.05) is 6.07 Å². The summed E-state index contributed by atoms with van der Waals surface area (Å²) < 4.78 is 15.9. The van der Waals surface area contributed by atoms with Crippen LogP contribution >= 0.6 is 0 Å². The van der Waals surface area contributed by atoms with Crippen molar-refractivity contribution in [2.75, 3.05) is 7.11 Å². The molecule has 0 atom stereocenters. The summed E-state index contributed by atoms with van der Waals surface area (Å²) in [5.74, 6) is 0.464. The summed E-state index contributed by atoms with van der Waals surface area (Å²) in [4.78, 5) is 33.3. The lowest BCUT2D eigenvalue weighted by Crippen LogP contribution is -2.47. The van der Waals surface area contributed by atoms with E-state index in [2.05, 4.69) is 20.6 Å². The number of rotatable bonds is 3. The predicted molar refractivity (Wildman–Crippen MR) is 122 cm³/mol. The molecule has 0 radical (unpaired) electrons. The van der Waals surface area contributed by atoms with Crippen molar-refractivity contribution < 1.29 is 23.8 Å². The molecule has 0 saturated heterocycles. The van der Waals surface area contributed by atoms with E-state index in [9.17, 15) is 9.59 Å². The standard InChI is InChI=1S/C23H30N4O5/c1-22(2,3)31-20(28)26-19(27-21(29)32-23(4,5)6)25-16-11-8-10-15(14-16)18-17(30-7)12-9-13-24-18/h8-14H,1-7H3,(H2,25,26,27,28,29). The maximum atomic E-state index is 12.3. The number of aromatic nitrogens is 1. The molecule has 0 spiro atoms. The third kappa shape index (κ3) is 8.25. The highest BCUT2D eigenvalue weighted by atomic mass is 16.6. The third-order valence-electron chi connectivity index (χ3n) is 3.59. The molecule has 0 aliphatic heterocycles. The average molecular weight is 443 g/mol. The number of nitrogens with one attached hydrogen (secondary N) is 2. The van der Waals surface area contributed by atoms with E-state index in [0.29, 0.717) is 17.1 Å². The van der Waals surface area contributed by atoms with Gasteiger partial charge in [0, 0.05) is 11.8 Å². The Morgan fingerprint density at radius 1 is 0.906 bits per heavy atom. The summed E-state index contributed by atoms with van der Waals surface area (Å²) in [6.07, 6.45) is 0.123. The van der Waals surface area contributed by atoms with Crippen LogP contribution in [-0.2, 0) is 9.47 Å². The number of aliphatic imine (C=N–C) groups is 1. The first-order chi connectivity index (χ1) is 14.9. The fourth-order valence-electron chi connectivity index (χ4n) is 2.51. The van der Waals surface area contributed by atoms with Crippen LogP contribution in [0.5, 0.6) is 5.75 Å². The number of pyridine rings is 1. The second kappa shape index (κ2) is 10.1. The highest BCUT2D eigenvalue weighted by Gasteiger charge is 2.21. The second-order valence-corrected chi connectivity index (χ2v) is 8.82. The smallest absolute Gasteiger partial charge is 0.414 e. The zero-order valence-corrected chi connectivity index (χ0v) is 19.5. The molecule has 2 rings (SSSR count). The second-order valence-electron chi connectivity index (χ2n) is 8.82. The van der Waals surface area contributed by atoms with Crippen LogP contribution in [0.4, 0.5) is 15.3 Å². The SMILES string of the molecule is COc1cccnc1-c1cccc(N=C(NC(=O)OC(C)(C)C)NC(=O)OC(C)(C)C)c1. The van der Waals surface area contributed by atoms with Crippen molar-refractivity contribution in [1.82, 2.24) is 15.6 Å². The molecule has 2 N–H and O–H groups in total. The van der Waals surface area contributed by atoms with Gasteiger partial charge in [-0.2, -0.15) is 0 Å². The van der Waals surface area contributed by atoms with Gasteiger partial charge in [0.05, 0.1) is 12.8 Å². The van der Waals surface area contributed by atoms with Crippen LogP contribution < -0.4 is 15.4 Å². The fourth-order valence-corrected chi connectivity index (χ4v) is 2.51. The molecule has 2 amide bonds. The molecule has 9 heteroatoms. The molecular weight excluding hydrogens is 412 g/mol. The molecule has 1 aromatic carbocycles. The minimum Gasteiger partial charge on any atom is -0.494 e. The summed E-state index contributed by atoms with van der Waals surface area (Å²) >= 11 is 0. The lowest BCUT2D eigenvalue weighted by molar-refractivity contribution is 0.0545. The normalized spacial score (nSPS) is 11.2. The van der Waals surface area contributed by atoms with Gasteiger partial charge >= 0.3 is 12.2 Å². The Hall–Kier alpha value is -3.62. The number of amides is 2. The minimum atomic E-state index is -0.769. The van der Waals surface area contributed by atoms with Crippen LogP contribution in [0.1, 0.15) is 41.5 Å². The van der Waals surface area contributed by atoms with E-state index in [1.54, 1.807) is 85.2 Å². The van der Waals surface area contributed by atoms with Crippen LogP contribution in [0.15, 0.2) is 47.6 Å². The Kier molecular flexibility index (Phi) is 7.80. The molecule has 0 aliphatic rings. The molecule has 9 nitrogen and oxygen atoms in total. The minimum absolute atomic E-state index is 0.140. The Labute approximate surface area is 188 Å². The fraction of sp³-hybridized carbons (Fsp3) is 0.391. The van der Waals surface area contributed by atoms with Crippen LogP contribution in [0.2, 0.25) is 0 Å². The van der Waals surface area contributed by atoms with Crippen LogP contribution in [0, 0.1) is 0 Å². The van der Waals surface area contributed by atoms with Crippen molar-refractivity contribution in [2.45, 2.75) is 52.7 Å². The van der Waals surface area contributed by atoms with Gasteiger partial charge in [0.15, 0.2) is 0 Å². The Morgan fingerprint density at radius 2 is 1.50 bits per heavy atom. The first kappa shape index (κ1) is 24.6. The van der Waals surface area contributed by atoms with Crippen molar-refractivity contribution in [2.24, 2.45) is 4.99 Å². The zero-order chi connectivity index (χ0) is 23.9. The number of guanidine groups is 1. The van der Waals surface area contributed by atoms with Crippen molar-refractivity contribution in [1.29, 1.82) is 0 Å². The molecule has 32 heavy (non-hydrogen) atoms. The molecule has 2 aromatic rings. The van der Waals surface area contributed by atoms with Crippen molar-refractivity contribution >= 4 is 23.8 Å². The Balaban J connectivity index is 2.36. The molecule has 0 bridgehead atoms. The van der Waals surface area contributed by atoms with Gasteiger partial charge in [0.25, 0.3) is 0 Å². The molecule has 172 valence electrons. The van der Waals surface area contributed by atoms with Crippen LogP contribution in [0.25, 0.3) is 11.3 Å². The van der Waals surface area contributed by atoms with Crippen molar-refractivity contribution in [3.63, 3.8) is 0 Å². The average Bonchev–Trinajstić information content (AvgIpc) is 2.65. The highest BCUT2D eigenvalue weighted by molar-refractivity contribution is 6.02. The maximum absolute atomic E-state index is 12.3. The number of nitrogens with zero attached hydrogens (tertiary/aromatic N) is 2. The molecule has 0 unspecified atom stereocenters. The molecule has 0 saturated carbocycles. The number of carbonyl (C=O) groups excluding carboxylic acids is 2. The molecule has 0 fully saturated rings. The van der Waals surface area contributed by atoms with E-state index in [4.69, 9.17) is 14.2 Å². The predicted octanol–water partition coefficient (Wildman–Crippen LogP) is 4.79. The van der Waals surface area contributed by atoms with Gasteiger partial charge in [0.1, 0.15) is 22.6 Å². The van der Waals surface area contributed by atoms with Gasteiger partial charge in [0.2, 0.25) is 5.96 Å². The van der Waals surface area contributed by atoms with Crippen LogP contribution in [-0.4, -0.2) is 41.4 Å². The van der Waals surface area contributed by atoms with Crippen molar-refractivity contribution in [3.05, 3.63) is 42.6 Å². The van der Waals surface area contributed by atoms with Gasteiger partial charge in [-0.1, -0.05) is 12.1 Å². The first-order valence-electron chi connectivity index (χ1n) is 10.0. The summed E-state index contributed by atoms with van der Waals surface area (Å²) in [6, 6.07) is 10.7. The van der Waals surface area contributed by atoms with Crippen molar-refractivity contribution in [3.8, 4) is 17.0 Å². The number of methoxy groups -OCH3 is 1. The van der Waals surface area contributed by atoms with Gasteiger partial charge < -0.3 is 14.2 Å². The topological polar surface area (TPSA) is 111 Å². The molecule has 0 aliphatic carbocycles. The van der Waals surface area contributed by atoms with Gasteiger partial charge in [-0.05, 0) is 65.8 Å². The van der Waals surface area contributed by atoms with E-state index < -0.39 is 23.4 Å². The van der Waals surface area contributed by atoms with E-state index in [-0.39, 0.29) is 5.96 Å². The van der Waals surface area contributed by atoms with Gasteiger partial charge in [-0.3, -0.25) is 15.6 Å². The quantitative estimate of drug-likeness (QED) is 0.522. The number of hydrogen-bond donors (Lipinski definition) is 2. The number of benzene rings is 1. The summed E-state index contributed by atoms with van der Waals surface area (Å²) in [6.45, 7) is 10.4. The zero-order valence-electron chi connectivity index (χ0n) is 19.5. The first-order valence-corrected chi connectivity index (χ1v) is 10.0. The lowest BCUT2D eigenvalue weighted by Gasteiger charge is -2.22. The Bertz CT molecular complexity index is 958. The number of carbonyl (C=O) groups is 2. The Morgan fingerprint density at radius 3 is 2.03 bits per heavy atom. The maximum Gasteiger partial charge on any atom is 0.414 e. The third-order valence-corrected chi connectivity index (χ3v) is 3.59. The van der Waals surface area contributed by atoms with Gasteiger partial charge in [-0.15, -0.1) is 0 Å². The molecule has 1 aromatic heterocycles. The lowest BCUT2D eigenvalue weighted by atomic mass is 10.1. The monoisotopic (exact) mass is 442 g/mol. The number of alkyl carbamates (subject to hydrolysis) is 2. The number of hydrogen-bond acceptors (Lipinski definition) is 7. The summed E-state index contributed by atoms with van der Waals surface area (Å²) in [7, 11) is 1.57. The largest absolute Gasteiger partial charge is 0.494 e. The summed E-state index contributed by atoms with van der Waals surface area (Å²) in [5.41, 5.74) is 0.386. The van der Waals surface area contributed by atoms with E-state index >= 15 is 0 Å². The van der Waals surface area contributed by atoms with Gasteiger partial charge in [-0.25, -0.2) is 14.6 Å². The molecular formula is C23H30N4O5. The van der Waals surface area contributed by atoms with E-state index in [0.717, 1.165) is 5.56 Å².